The fourth-order valence-electron chi connectivity index (χ4n) is 1.71. The van der Waals surface area contributed by atoms with Gasteiger partial charge in [0, 0.05) is 32.5 Å². The van der Waals surface area contributed by atoms with Crippen LogP contribution in [-0.2, 0) is 6.54 Å². The lowest BCUT2D eigenvalue weighted by atomic mass is 10.3. The monoisotopic (exact) mass is 324 g/mol. The zero-order chi connectivity index (χ0) is 13.5. The molecule has 0 aromatic carbocycles. The first-order valence-electron chi connectivity index (χ1n) is 6.19. The Labute approximate surface area is 120 Å². The summed E-state index contributed by atoms with van der Waals surface area (Å²) in [5.74, 6) is 1.61. The average Bonchev–Trinajstić information content (AvgIpc) is 2.93. The van der Waals surface area contributed by atoms with Crippen LogP contribution >= 0.6 is 15.9 Å². The van der Waals surface area contributed by atoms with E-state index in [1.165, 1.54) is 0 Å². The lowest BCUT2D eigenvalue weighted by Gasteiger charge is -2.09. The minimum atomic E-state index is 0.788. The van der Waals surface area contributed by atoms with Crippen LogP contribution in [0.2, 0.25) is 0 Å². The summed E-state index contributed by atoms with van der Waals surface area (Å²) in [5.41, 5.74) is 0. The number of hydrogen-bond acceptors (Lipinski definition) is 5. The molecule has 2 aromatic heterocycles. The standard InChI is InChI=1S/C12H17BrN6/c1-14-11-10(13)12(18-8-17-11)16-4-2-3-6-19-7-5-15-9-19/h5,7-9H,2-4,6H2,1H3,(H2,14,16,17,18). The summed E-state index contributed by atoms with van der Waals surface area (Å²) < 4.78 is 2.95. The van der Waals surface area contributed by atoms with E-state index in [4.69, 9.17) is 0 Å². The van der Waals surface area contributed by atoms with Crippen LogP contribution < -0.4 is 10.6 Å². The molecule has 0 radical (unpaired) electrons. The van der Waals surface area contributed by atoms with Crippen molar-refractivity contribution >= 4 is 27.6 Å². The zero-order valence-electron chi connectivity index (χ0n) is 10.8. The van der Waals surface area contributed by atoms with E-state index in [1.54, 1.807) is 12.5 Å². The first kappa shape index (κ1) is 13.8. The number of imidazole rings is 1. The van der Waals surface area contributed by atoms with Gasteiger partial charge in [0.1, 0.15) is 22.4 Å². The quantitative estimate of drug-likeness (QED) is 0.765. The van der Waals surface area contributed by atoms with Gasteiger partial charge in [-0.3, -0.25) is 0 Å². The number of aromatic nitrogens is 4. The van der Waals surface area contributed by atoms with Crippen LogP contribution in [0.25, 0.3) is 0 Å². The van der Waals surface area contributed by atoms with Crippen LogP contribution in [0.15, 0.2) is 29.5 Å². The van der Waals surface area contributed by atoms with Gasteiger partial charge < -0.3 is 15.2 Å². The Morgan fingerprint density at radius 3 is 2.84 bits per heavy atom. The second-order valence-corrected chi connectivity index (χ2v) is 4.86. The van der Waals surface area contributed by atoms with Crippen molar-refractivity contribution in [3.8, 4) is 0 Å². The fraction of sp³-hybridized carbons (Fsp3) is 0.417. The summed E-state index contributed by atoms with van der Waals surface area (Å²) >= 11 is 3.48. The van der Waals surface area contributed by atoms with Crippen LogP contribution in [0, 0.1) is 0 Å². The summed E-state index contributed by atoms with van der Waals surface area (Å²) in [4.78, 5) is 12.3. The minimum absolute atomic E-state index is 0.788. The first-order valence-corrected chi connectivity index (χ1v) is 6.98. The van der Waals surface area contributed by atoms with E-state index in [1.807, 2.05) is 19.6 Å². The third-order valence-electron chi connectivity index (χ3n) is 2.72. The van der Waals surface area contributed by atoms with E-state index >= 15 is 0 Å². The Morgan fingerprint density at radius 2 is 2.11 bits per heavy atom. The molecule has 19 heavy (non-hydrogen) atoms. The lowest BCUT2D eigenvalue weighted by Crippen LogP contribution is -2.07. The molecular weight excluding hydrogens is 308 g/mol. The molecule has 2 heterocycles. The molecule has 0 saturated heterocycles. The summed E-state index contributed by atoms with van der Waals surface area (Å²) in [6.07, 6.45) is 9.34. The maximum Gasteiger partial charge on any atom is 0.145 e. The molecule has 0 aliphatic heterocycles. The van der Waals surface area contributed by atoms with Crippen molar-refractivity contribution in [3.05, 3.63) is 29.5 Å². The van der Waals surface area contributed by atoms with Gasteiger partial charge in [-0.25, -0.2) is 15.0 Å². The Balaban J connectivity index is 1.73. The molecule has 2 aromatic rings. The summed E-state index contributed by atoms with van der Waals surface area (Å²) in [5, 5.41) is 6.31. The van der Waals surface area contributed by atoms with Crippen LogP contribution in [0.4, 0.5) is 11.6 Å². The van der Waals surface area contributed by atoms with Crippen LogP contribution in [0.3, 0.4) is 0 Å². The van der Waals surface area contributed by atoms with Crippen LogP contribution in [0.5, 0.6) is 0 Å². The third-order valence-corrected chi connectivity index (χ3v) is 3.47. The Bertz CT molecular complexity index is 499. The number of unbranched alkanes of at least 4 members (excludes halogenated alkanes) is 1. The number of nitrogens with one attached hydrogen (secondary N) is 2. The van der Waals surface area contributed by atoms with Gasteiger partial charge >= 0.3 is 0 Å². The smallest absolute Gasteiger partial charge is 0.145 e. The molecule has 0 atom stereocenters. The number of halogens is 1. The SMILES string of the molecule is CNc1ncnc(NCCCCn2ccnc2)c1Br. The molecule has 2 N–H and O–H groups in total. The number of aryl methyl sites for hydroxylation is 1. The van der Waals surface area contributed by atoms with Gasteiger partial charge in [0.2, 0.25) is 0 Å². The average molecular weight is 325 g/mol. The van der Waals surface area contributed by atoms with Gasteiger partial charge in [0.15, 0.2) is 0 Å². The minimum Gasteiger partial charge on any atom is -0.372 e. The Kier molecular flexibility index (Phi) is 5.14. The second kappa shape index (κ2) is 7.08. The number of anilines is 2. The van der Waals surface area contributed by atoms with Crippen molar-refractivity contribution in [3.63, 3.8) is 0 Å². The van der Waals surface area contributed by atoms with Gasteiger partial charge in [0.25, 0.3) is 0 Å². The largest absolute Gasteiger partial charge is 0.372 e. The highest BCUT2D eigenvalue weighted by Crippen LogP contribution is 2.25. The predicted octanol–water partition coefficient (Wildman–Crippen LogP) is 2.37. The number of nitrogens with zero attached hydrogens (tertiary/aromatic N) is 4. The summed E-state index contributed by atoms with van der Waals surface area (Å²) in [7, 11) is 1.84. The topological polar surface area (TPSA) is 67.7 Å². The molecule has 0 unspecified atom stereocenters. The zero-order valence-corrected chi connectivity index (χ0v) is 12.4. The molecule has 102 valence electrons. The maximum atomic E-state index is 4.21. The predicted molar refractivity (Wildman–Crippen MR) is 79.2 cm³/mol. The van der Waals surface area contributed by atoms with Crippen molar-refractivity contribution in [1.82, 2.24) is 19.5 Å². The van der Waals surface area contributed by atoms with Gasteiger partial charge in [-0.05, 0) is 28.8 Å². The molecule has 2 rings (SSSR count). The van der Waals surface area contributed by atoms with E-state index in [-0.39, 0.29) is 0 Å². The molecular formula is C12H17BrN6. The van der Waals surface area contributed by atoms with Crippen LogP contribution in [-0.4, -0.2) is 33.1 Å². The molecule has 6 nitrogen and oxygen atoms in total. The van der Waals surface area contributed by atoms with Gasteiger partial charge in [-0.1, -0.05) is 0 Å². The van der Waals surface area contributed by atoms with E-state index in [0.717, 1.165) is 42.0 Å². The Morgan fingerprint density at radius 1 is 1.26 bits per heavy atom. The molecule has 0 bridgehead atoms. The molecule has 7 heteroatoms. The van der Waals surface area contributed by atoms with Crippen molar-refractivity contribution < 1.29 is 0 Å². The summed E-state index contributed by atoms with van der Waals surface area (Å²) in [6.45, 7) is 1.88. The number of hydrogen-bond donors (Lipinski definition) is 2. The normalized spacial score (nSPS) is 10.4. The summed E-state index contributed by atoms with van der Waals surface area (Å²) in [6, 6.07) is 0. The van der Waals surface area contributed by atoms with Gasteiger partial charge in [-0.2, -0.15) is 0 Å². The van der Waals surface area contributed by atoms with E-state index in [2.05, 4.69) is 46.1 Å². The van der Waals surface area contributed by atoms with E-state index in [0.29, 0.717) is 0 Å². The molecule has 0 saturated carbocycles. The maximum absolute atomic E-state index is 4.21. The van der Waals surface area contributed by atoms with E-state index < -0.39 is 0 Å². The molecule has 0 aliphatic rings. The highest BCUT2D eigenvalue weighted by atomic mass is 79.9. The molecule has 0 aliphatic carbocycles. The van der Waals surface area contributed by atoms with Crippen molar-refractivity contribution in [1.29, 1.82) is 0 Å². The van der Waals surface area contributed by atoms with Gasteiger partial charge in [-0.15, -0.1) is 0 Å². The fourth-order valence-corrected chi connectivity index (χ4v) is 2.26. The molecule has 0 amide bonds. The van der Waals surface area contributed by atoms with Crippen molar-refractivity contribution in [2.24, 2.45) is 0 Å². The highest BCUT2D eigenvalue weighted by molar-refractivity contribution is 9.10. The Hall–Kier alpha value is -1.63. The molecule has 0 fully saturated rings. The van der Waals surface area contributed by atoms with Crippen molar-refractivity contribution in [2.45, 2.75) is 19.4 Å². The van der Waals surface area contributed by atoms with Gasteiger partial charge in [0.05, 0.1) is 6.33 Å². The highest BCUT2D eigenvalue weighted by Gasteiger charge is 2.06. The first-order chi connectivity index (χ1) is 9.31. The second-order valence-electron chi connectivity index (χ2n) is 4.07. The molecule has 0 spiro atoms. The van der Waals surface area contributed by atoms with Crippen molar-refractivity contribution in [2.75, 3.05) is 24.2 Å². The van der Waals surface area contributed by atoms with Crippen LogP contribution in [0.1, 0.15) is 12.8 Å². The van der Waals surface area contributed by atoms with E-state index in [9.17, 15) is 0 Å². The third kappa shape index (κ3) is 3.92. The number of rotatable bonds is 7. The lowest BCUT2D eigenvalue weighted by molar-refractivity contribution is 0.620.